The second-order valence-electron chi connectivity index (χ2n) is 6.02. The summed E-state index contributed by atoms with van der Waals surface area (Å²) in [4.78, 5) is 14.0. The summed E-state index contributed by atoms with van der Waals surface area (Å²) in [6.07, 6.45) is 2.75. The number of halogens is 1. The second-order valence-corrected chi connectivity index (χ2v) is 6.02. The number of amides is 2. The van der Waals surface area contributed by atoms with Crippen LogP contribution in [0.5, 0.6) is 0 Å². The summed E-state index contributed by atoms with van der Waals surface area (Å²) >= 11 is 0. The Morgan fingerprint density at radius 3 is 3.09 bits per heavy atom. The van der Waals surface area contributed by atoms with Crippen molar-refractivity contribution in [2.45, 2.75) is 44.8 Å². The average molecular weight is 323 g/mol. The normalized spacial score (nSPS) is 19.3. The van der Waals surface area contributed by atoms with Gasteiger partial charge in [-0.05, 0) is 43.9 Å². The molecule has 1 heterocycles. The molecule has 1 saturated heterocycles. The van der Waals surface area contributed by atoms with Crippen LogP contribution >= 0.6 is 0 Å². The number of nitrogens with one attached hydrogen (secondary N) is 2. The minimum Gasteiger partial charge on any atom is -0.393 e. The molecule has 0 bridgehead atoms. The van der Waals surface area contributed by atoms with E-state index in [1.165, 1.54) is 12.1 Å². The van der Waals surface area contributed by atoms with E-state index in [0.717, 1.165) is 25.1 Å². The Kier molecular flexibility index (Phi) is 6.65. The van der Waals surface area contributed by atoms with Gasteiger partial charge >= 0.3 is 6.03 Å². The summed E-state index contributed by atoms with van der Waals surface area (Å²) in [6, 6.07) is 6.38. The van der Waals surface area contributed by atoms with Crippen molar-refractivity contribution < 1.29 is 14.3 Å². The maximum atomic E-state index is 13.3. The molecule has 2 atom stereocenters. The van der Waals surface area contributed by atoms with Crippen LogP contribution in [-0.4, -0.2) is 42.9 Å². The number of rotatable bonds is 6. The molecule has 1 aromatic carbocycles. The molecule has 1 fully saturated rings. The van der Waals surface area contributed by atoms with E-state index in [-0.39, 0.29) is 24.0 Å². The van der Waals surface area contributed by atoms with E-state index < -0.39 is 0 Å². The third-order valence-electron chi connectivity index (χ3n) is 4.16. The highest BCUT2D eigenvalue weighted by Crippen LogP contribution is 2.20. The van der Waals surface area contributed by atoms with Crippen molar-refractivity contribution in [2.75, 3.05) is 24.5 Å². The highest BCUT2D eigenvalue weighted by atomic mass is 19.1. The number of piperidine rings is 1. The maximum Gasteiger partial charge on any atom is 0.315 e. The van der Waals surface area contributed by atoms with Crippen LogP contribution in [-0.2, 0) is 0 Å². The lowest BCUT2D eigenvalue weighted by molar-refractivity contribution is 0.160. The summed E-state index contributed by atoms with van der Waals surface area (Å²) in [7, 11) is 0. The van der Waals surface area contributed by atoms with Crippen molar-refractivity contribution in [3.05, 3.63) is 30.1 Å². The predicted molar refractivity (Wildman–Crippen MR) is 89.1 cm³/mol. The van der Waals surface area contributed by atoms with Crippen LogP contribution in [0.3, 0.4) is 0 Å². The van der Waals surface area contributed by atoms with E-state index in [2.05, 4.69) is 15.5 Å². The number of aliphatic hydroxyl groups excluding tert-OH is 1. The van der Waals surface area contributed by atoms with E-state index in [9.17, 15) is 14.3 Å². The molecular formula is C17H26FN3O2. The van der Waals surface area contributed by atoms with Crippen molar-refractivity contribution in [3.8, 4) is 0 Å². The second kappa shape index (κ2) is 8.72. The fraction of sp³-hybridized carbons (Fsp3) is 0.588. The van der Waals surface area contributed by atoms with Gasteiger partial charge in [-0.3, -0.25) is 0 Å². The fourth-order valence-electron chi connectivity index (χ4n) is 2.80. The average Bonchev–Trinajstić information content (AvgIpc) is 2.55. The highest BCUT2D eigenvalue weighted by molar-refractivity contribution is 5.74. The van der Waals surface area contributed by atoms with Crippen LogP contribution in [0.1, 0.15) is 32.6 Å². The molecule has 128 valence electrons. The maximum absolute atomic E-state index is 13.3. The number of benzene rings is 1. The summed E-state index contributed by atoms with van der Waals surface area (Å²) in [5.74, 6) is -0.246. The zero-order chi connectivity index (χ0) is 16.7. The third-order valence-corrected chi connectivity index (χ3v) is 4.16. The van der Waals surface area contributed by atoms with Crippen molar-refractivity contribution in [2.24, 2.45) is 0 Å². The largest absolute Gasteiger partial charge is 0.393 e. The molecule has 23 heavy (non-hydrogen) atoms. The summed E-state index contributed by atoms with van der Waals surface area (Å²) in [6.45, 7) is 3.91. The van der Waals surface area contributed by atoms with Crippen LogP contribution in [0, 0.1) is 5.82 Å². The van der Waals surface area contributed by atoms with Gasteiger partial charge in [0.25, 0.3) is 0 Å². The molecule has 2 unspecified atom stereocenters. The lowest BCUT2D eigenvalue weighted by Gasteiger charge is -2.34. The van der Waals surface area contributed by atoms with Crippen LogP contribution in [0.4, 0.5) is 14.9 Å². The minimum absolute atomic E-state index is 0.0446. The SMILES string of the molecule is CCC(O)CCNC(=O)NC1CCCN(c2cccc(F)c2)C1. The first kappa shape index (κ1) is 17.5. The van der Waals surface area contributed by atoms with Gasteiger partial charge in [0.15, 0.2) is 0 Å². The lowest BCUT2D eigenvalue weighted by atomic mass is 10.0. The molecule has 5 nitrogen and oxygen atoms in total. The van der Waals surface area contributed by atoms with E-state index in [1.54, 1.807) is 6.07 Å². The Bertz CT molecular complexity index is 512. The molecule has 0 aromatic heterocycles. The van der Waals surface area contributed by atoms with Gasteiger partial charge in [0.05, 0.1) is 6.10 Å². The number of hydrogen-bond acceptors (Lipinski definition) is 3. The van der Waals surface area contributed by atoms with Gasteiger partial charge in [0, 0.05) is 31.4 Å². The molecule has 1 aliphatic heterocycles. The summed E-state index contributed by atoms with van der Waals surface area (Å²) < 4.78 is 13.3. The monoisotopic (exact) mass is 323 g/mol. The van der Waals surface area contributed by atoms with Crippen molar-refractivity contribution in [3.63, 3.8) is 0 Å². The Morgan fingerprint density at radius 1 is 1.52 bits per heavy atom. The lowest BCUT2D eigenvalue weighted by Crippen LogP contribution is -2.50. The Morgan fingerprint density at radius 2 is 2.35 bits per heavy atom. The molecular weight excluding hydrogens is 297 g/mol. The molecule has 1 aromatic rings. The van der Waals surface area contributed by atoms with Gasteiger partial charge in [-0.2, -0.15) is 0 Å². The number of hydrogen-bond donors (Lipinski definition) is 3. The Balaban J connectivity index is 1.78. The number of urea groups is 1. The van der Waals surface area contributed by atoms with Gasteiger partial charge in [0.2, 0.25) is 0 Å². The first-order valence-corrected chi connectivity index (χ1v) is 8.31. The molecule has 1 aliphatic rings. The van der Waals surface area contributed by atoms with Crippen LogP contribution in [0.2, 0.25) is 0 Å². The van der Waals surface area contributed by atoms with Gasteiger partial charge in [0.1, 0.15) is 5.82 Å². The molecule has 0 aliphatic carbocycles. The molecule has 0 saturated carbocycles. The molecule has 2 amide bonds. The molecule has 3 N–H and O–H groups in total. The summed E-state index contributed by atoms with van der Waals surface area (Å²) in [5.41, 5.74) is 0.850. The van der Waals surface area contributed by atoms with E-state index in [1.807, 2.05) is 13.0 Å². The van der Waals surface area contributed by atoms with E-state index in [4.69, 9.17) is 0 Å². The fourth-order valence-corrected chi connectivity index (χ4v) is 2.80. The van der Waals surface area contributed by atoms with Crippen molar-refractivity contribution >= 4 is 11.7 Å². The van der Waals surface area contributed by atoms with Gasteiger partial charge < -0.3 is 20.6 Å². The van der Waals surface area contributed by atoms with Crippen LogP contribution < -0.4 is 15.5 Å². The van der Waals surface area contributed by atoms with Gasteiger partial charge in [-0.1, -0.05) is 13.0 Å². The zero-order valence-corrected chi connectivity index (χ0v) is 13.6. The smallest absolute Gasteiger partial charge is 0.315 e. The molecule has 2 rings (SSSR count). The number of carbonyl (C=O) groups is 1. The Hall–Kier alpha value is -1.82. The van der Waals surface area contributed by atoms with Gasteiger partial charge in [-0.15, -0.1) is 0 Å². The standard InChI is InChI=1S/C17H26FN3O2/c1-2-16(22)8-9-19-17(23)20-14-6-4-10-21(12-14)15-7-3-5-13(18)11-15/h3,5,7,11,14,16,22H,2,4,6,8-10,12H2,1H3,(H2,19,20,23). The van der Waals surface area contributed by atoms with Crippen LogP contribution in [0.25, 0.3) is 0 Å². The topological polar surface area (TPSA) is 64.6 Å². The third kappa shape index (κ3) is 5.71. The van der Waals surface area contributed by atoms with Crippen LogP contribution in [0.15, 0.2) is 24.3 Å². The number of aliphatic hydroxyl groups is 1. The minimum atomic E-state index is -0.367. The highest BCUT2D eigenvalue weighted by Gasteiger charge is 2.21. The van der Waals surface area contributed by atoms with E-state index >= 15 is 0 Å². The zero-order valence-electron chi connectivity index (χ0n) is 13.6. The summed E-state index contributed by atoms with van der Waals surface area (Å²) in [5, 5.41) is 15.2. The first-order chi connectivity index (χ1) is 11.1. The van der Waals surface area contributed by atoms with Crippen molar-refractivity contribution in [1.29, 1.82) is 0 Å². The quantitative estimate of drug-likeness (QED) is 0.752. The van der Waals surface area contributed by atoms with E-state index in [0.29, 0.717) is 25.9 Å². The molecule has 6 heteroatoms. The first-order valence-electron chi connectivity index (χ1n) is 8.31. The van der Waals surface area contributed by atoms with Crippen molar-refractivity contribution in [1.82, 2.24) is 10.6 Å². The Labute approximate surface area is 136 Å². The number of carbonyl (C=O) groups excluding carboxylic acids is 1. The van der Waals surface area contributed by atoms with Gasteiger partial charge in [-0.25, -0.2) is 9.18 Å². The predicted octanol–water partition coefficient (Wildman–Crippen LogP) is 2.25. The molecule has 0 radical (unpaired) electrons. The molecule has 0 spiro atoms. The number of nitrogens with zero attached hydrogens (tertiary/aromatic N) is 1. The number of anilines is 1.